The van der Waals surface area contributed by atoms with Gasteiger partial charge in [-0.05, 0) is 38.5 Å². The highest BCUT2D eigenvalue weighted by atomic mass is 32.2. The summed E-state index contributed by atoms with van der Waals surface area (Å²) in [5.74, 6) is 0. The third-order valence-electron chi connectivity index (χ3n) is 4.77. The topological polar surface area (TPSA) is 47.6 Å². The van der Waals surface area contributed by atoms with Crippen molar-refractivity contribution in [2.75, 3.05) is 0 Å². The summed E-state index contributed by atoms with van der Waals surface area (Å²) in [4.78, 5) is 0. The summed E-state index contributed by atoms with van der Waals surface area (Å²) in [5, 5.41) is 19.0. The highest BCUT2D eigenvalue weighted by molar-refractivity contribution is 8.00. The molecular formula is C22H40N2S. The van der Waals surface area contributed by atoms with E-state index < -0.39 is 0 Å². The summed E-state index contributed by atoms with van der Waals surface area (Å²) >= 11 is 2.24. The van der Waals surface area contributed by atoms with Gasteiger partial charge in [0, 0.05) is 23.3 Å². The molecule has 2 nitrogen and oxygen atoms in total. The molecule has 0 bridgehead atoms. The average Bonchev–Trinajstić information content (AvgIpc) is 2.62. The normalized spacial score (nSPS) is 13.1. The van der Waals surface area contributed by atoms with Crippen LogP contribution < -0.4 is 0 Å². The van der Waals surface area contributed by atoms with Crippen molar-refractivity contribution in [3.63, 3.8) is 0 Å². The van der Waals surface area contributed by atoms with E-state index in [-0.39, 0.29) is 0 Å². The van der Waals surface area contributed by atoms with Gasteiger partial charge >= 0.3 is 0 Å². The Morgan fingerprint density at radius 2 is 0.960 bits per heavy atom. The van der Waals surface area contributed by atoms with E-state index >= 15 is 0 Å². The Bertz CT molecular complexity index is 322. The van der Waals surface area contributed by atoms with Crippen LogP contribution in [0.1, 0.15) is 117 Å². The van der Waals surface area contributed by atoms with Crippen molar-refractivity contribution in [1.82, 2.24) is 0 Å². The minimum atomic E-state index is 0.709. The Balaban J connectivity index is 4.41. The highest BCUT2D eigenvalue weighted by Crippen LogP contribution is 2.32. The number of rotatable bonds is 18. The maximum absolute atomic E-state index is 8.73. The molecule has 3 heteroatoms. The Labute approximate surface area is 161 Å². The fraction of sp³-hybridized carbons (Fsp3) is 0.909. The zero-order valence-corrected chi connectivity index (χ0v) is 17.6. The molecule has 0 heterocycles. The SMILES string of the molecule is CCCCCC(CCCCC#N)SC(CCCCC)CCCCC#N. The Hall–Kier alpha value is -0.670. The lowest BCUT2D eigenvalue weighted by Crippen LogP contribution is -2.12. The molecule has 0 saturated carbocycles. The van der Waals surface area contributed by atoms with Gasteiger partial charge in [0.15, 0.2) is 0 Å². The second kappa shape index (κ2) is 19.7. The van der Waals surface area contributed by atoms with Gasteiger partial charge in [0.05, 0.1) is 12.1 Å². The van der Waals surface area contributed by atoms with Gasteiger partial charge in [0.2, 0.25) is 0 Å². The summed E-state index contributed by atoms with van der Waals surface area (Å²) < 4.78 is 0. The van der Waals surface area contributed by atoms with Crippen molar-refractivity contribution >= 4 is 11.8 Å². The zero-order chi connectivity index (χ0) is 18.6. The molecule has 0 aromatic heterocycles. The summed E-state index contributed by atoms with van der Waals surface area (Å²) in [5.41, 5.74) is 0. The number of unbranched alkanes of at least 4 members (excludes halogenated alkanes) is 8. The summed E-state index contributed by atoms with van der Waals surface area (Å²) in [6, 6.07) is 4.55. The lowest BCUT2D eigenvalue weighted by Gasteiger charge is -2.24. The molecule has 0 aliphatic heterocycles. The number of hydrogen-bond donors (Lipinski definition) is 0. The van der Waals surface area contributed by atoms with E-state index in [4.69, 9.17) is 10.5 Å². The van der Waals surface area contributed by atoms with Crippen molar-refractivity contribution < 1.29 is 0 Å². The second-order valence-corrected chi connectivity index (χ2v) is 8.78. The van der Waals surface area contributed by atoms with E-state index in [1.807, 2.05) is 0 Å². The standard InChI is InChI=1S/C22H40N2S/c1-3-5-9-15-21(17-11-7-13-19-23)25-22(16-10-6-4-2)18-12-8-14-20-24/h21-22H,3-18H2,1-2H3. The third-order valence-corrected chi connectivity index (χ3v) is 6.49. The number of thioether (sulfide) groups is 1. The molecular weight excluding hydrogens is 324 g/mol. The molecule has 144 valence electrons. The molecule has 0 saturated heterocycles. The summed E-state index contributed by atoms with van der Waals surface area (Å²) in [6.07, 6.45) is 19.1. The van der Waals surface area contributed by atoms with Gasteiger partial charge in [-0.2, -0.15) is 22.3 Å². The largest absolute Gasteiger partial charge is 0.198 e. The highest BCUT2D eigenvalue weighted by Gasteiger charge is 2.16. The van der Waals surface area contributed by atoms with E-state index in [0.717, 1.165) is 23.3 Å². The molecule has 0 spiro atoms. The summed E-state index contributed by atoms with van der Waals surface area (Å²) in [6.45, 7) is 4.55. The van der Waals surface area contributed by atoms with Gasteiger partial charge in [-0.1, -0.05) is 65.2 Å². The van der Waals surface area contributed by atoms with Crippen LogP contribution in [-0.2, 0) is 0 Å². The van der Waals surface area contributed by atoms with Crippen LogP contribution in [0.25, 0.3) is 0 Å². The zero-order valence-electron chi connectivity index (χ0n) is 16.8. The lowest BCUT2D eigenvalue weighted by molar-refractivity contribution is 0.568. The predicted octanol–water partition coefficient (Wildman–Crippen LogP) is 7.79. The van der Waals surface area contributed by atoms with E-state index in [9.17, 15) is 0 Å². The first-order valence-corrected chi connectivity index (χ1v) is 11.6. The lowest BCUT2D eigenvalue weighted by atomic mass is 10.1. The van der Waals surface area contributed by atoms with Crippen molar-refractivity contribution in [2.45, 2.75) is 127 Å². The maximum atomic E-state index is 8.73. The molecule has 0 rings (SSSR count). The Morgan fingerprint density at radius 3 is 1.28 bits per heavy atom. The molecule has 0 fully saturated rings. The van der Waals surface area contributed by atoms with Gasteiger partial charge < -0.3 is 0 Å². The molecule has 2 unspecified atom stereocenters. The van der Waals surface area contributed by atoms with E-state index in [1.165, 1.54) is 77.0 Å². The molecule has 0 aromatic carbocycles. The van der Waals surface area contributed by atoms with Gasteiger partial charge in [-0.3, -0.25) is 0 Å². The van der Waals surface area contributed by atoms with Crippen LogP contribution in [0.2, 0.25) is 0 Å². The molecule has 0 aliphatic carbocycles. The molecule has 25 heavy (non-hydrogen) atoms. The van der Waals surface area contributed by atoms with Gasteiger partial charge in [-0.15, -0.1) is 0 Å². The van der Waals surface area contributed by atoms with E-state index in [1.54, 1.807) is 0 Å². The Morgan fingerprint density at radius 1 is 0.600 bits per heavy atom. The molecule has 0 aromatic rings. The quantitative estimate of drug-likeness (QED) is 0.233. The minimum Gasteiger partial charge on any atom is -0.198 e. The molecule has 2 atom stereocenters. The molecule has 0 radical (unpaired) electrons. The minimum absolute atomic E-state index is 0.709. The van der Waals surface area contributed by atoms with Gasteiger partial charge in [0.25, 0.3) is 0 Å². The smallest absolute Gasteiger partial charge is 0.0621 e. The van der Waals surface area contributed by atoms with Crippen LogP contribution in [-0.4, -0.2) is 10.5 Å². The van der Waals surface area contributed by atoms with Crippen molar-refractivity contribution in [3.05, 3.63) is 0 Å². The number of nitriles is 2. The van der Waals surface area contributed by atoms with Crippen LogP contribution in [0.4, 0.5) is 0 Å². The van der Waals surface area contributed by atoms with E-state index in [0.29, 0.717) is 12.8 Å². The average molecular weight is 365 g/mol. The van der Waals surface area contributed by atoms with Crippen LogP contribution in [0.3, 0.4) is 0 Å². The first kappa shape index (κ1) is 24.3. The molecule has 0 N–H and O–H groups in total. The molecule has 0 amide bonds. The second-order valence-electron chi connectivity index (χ2n) is 7.18. The third kappa shape index (κ3) is 16.5. The van der Waals surface area contributed by atoms with Gasteiger partial charge in [-0.25, -0.2) is 0 Å². The maximum Gasteiger partial charge on any atom is 0.0621 e. The number of nitrogens with zero attached hydrogens (tertiary/aromatic N) is 2. The molecule has 0 aliphatic rings. The van der Waals surface area contributed by atoms with E-state index in [2.05, 4.69) is 37.7 Å². The van der Waals surface area contributed by atoms with Crippen LogP contribution >= 0.6 is 11.8 Å². The number of hydrogen-bond acceptors (Lipinski definition) is 3. The first-order chi connectivity index (χ1) is 12.3. The monoisotopic (exact) mass is 364 g/mol. The fourth-order valence-electron chi connectivity index (χ4n) is 3.23. The summed E-state index contributed by atoms with van der Waals surface area (Å²) in [7, 11) is 0. The van der Waals surface area contributed by atoms with Gasteiger partial charge in [0.1, 0.15) is 0 Å². The predicted molar refractivity (Wildman–Crippen MR) is 112 cm³/mol. The first-order valence-electron chi connectivity index (χ1n) is 10.7. The Kier molecular flexibility index (Phi) is 19.1. The fourth-order valence-corrected chi connectivity index (χ4v) is 4.98. The van der Waals surface area contributed by atoms with Crippen molar-refractivity contribution in [2.24, 2.45) is 0 Å². The van der Waals surface area contributed by atoms with Crippen molar-refractivity contribution in [3.8, 4) is 12.1 Å². The van der Waals surface area contributed by atoms with Crippen LogP contribution in [0.15, 0.2) is 0 Å². The van der Waals surface area contributed by atoms with Crippen molar-refractivity contribution in [1.29, 1.82) is 10.5 Å². The van der Waals surface area contributed by atoms with Crippen LogP contribution in [0.5, 0.6) is 0 Å². The van der Waals surface area contributed by atoms with Crippen LogP contribution in [0, 0.1) is 22.7 Å².